The van der Waals surface area contributed by atoms with Crippen LogP contribution in [0.3, 0.4) is 0 Å². The van der Waals surface area contributed by atoms with Crippen molar-refractivity contribution >= 4 is 0 Å². The fraction of sp³-hybridized carbons (Fsp3) is 1.00. The molecule has 2 fully saturated rings. The second-order valence-corrected chi connectivity index (χ2v) is 6.05. The van der Waals surface area contributed by atoms with Gasteiger partial charge in [-0.2, -0.15) is 0 Å². The maximum atomic E-state index is 10.6. The van der Waals surface area contributed by atoms with Gasteiger partial charge in [0.2, 0.25) is 0 Å². The summed E-state index contributed by atoms with van der Waals surface area (Å²) in [5, 5.41) is 14.2. The Bertz CT molecular complexity index is 224. The third-order valence-corrected chi connectivity index (χ3v) is 4.69. The molecule has 2 saturated carbocycles. The monoisotopic (exact) mass is 240 g/mol. The minimum absolute atomic E-state index is 0.446. The van der Waals surface area contributed by atoms with Gasteiger partial charge in [0.1, 0.15) is 0 Å². The van der Waals surface area contributed by atoms with Crippen molar-refractivity contribution in [1.29, 1.82) is 0 Å². The van der Waals surface area contributed by atoms with Gasteiger partial charge in [0.25, 0.3) is 0 Å². The average Bonchev–Trinajstić information content (AvgIpc) is 2.68. The molecule has 17 heavy (non-hydrogen) atoms. The zero-order valence-electron chi connectivity index (χ0n) is 11.0. The SMILES string of the molecule is NCC1CCCC1NCC1(O)CCCCCC1. The molecule has 3 heteroatoms. The van der Waals surface area contributed by atoms with E-state index in [1.165, 1.54) is 44.9 Å². The summed E-state index contributed by atoms with van der Waals surface area (Å²) in [4.78, 5) is 0. The number of hydrogen-bond acceptors (Lipinski definition) is 3. The van der Waals surface area contributed by atoms with Crippen LogP contribution in [-0.2, 0) is 0 Å². The van der Waals surface area contributed by atoms with Crippen LogP contribution in [0.1, 0.15) is 57.8 Å². The van der Waals surface area contributed by atoms with E-state index >= 15 is 0 Å². The Kier molecular flexibility index (Phi) is 4.83. The molecule has 0 radical (unpaired) electrons. The molecule has 2 atom stereocenters. The van der Waals surface area contributed by atoms with Gasteiger partial charge in [0, 0.05) is 12.6 Å². The van der Waals surface area contributed by atoms with Crippen molar-refractivity contribution in [2.24, 2.45) is 11.7 Å². The first-order chi connectivity index (χ1) is 8.23. The highest BCUT2D eigenvalue weighted by atomic mass is 16.3. The Morgan fingerprint density at radius 2 is 1.76 bits per heavy atom. The molecule has 0 aromatic heterocycles. The Morgan fingerprint density at radius 1 is 1.06 bits per heavy atom. The summed E-state index contributed by atoms with van der Waals surface area (Å²) >= 11 is 0. The molecule has 3 nitrogen and oxygen atoms in total. The summed E-state index contributed by atoms with van der Waals surface area (Å²) in [6.07, 6.45) is 10.7. The second kappa shape index (κ2) is 6.17. The molecule has 4 N–H and O–H groups in total. The summed E-state index contributed by atoms with van der Waals surface area (Å²) in [6.45, 7) is 1.56. The molecule has 2 rings (SSSR count). The van der Waals surface area contributed by atoms with Gasteiger partial charge in [-0.15, -0.1) is 0 Å². The van der Waals surface area contributed by atoms with Crippen LogP contribution in [0, 0.1) is 5.92 Å². The normalized spacial score (nSPS) is 33.5. The van der Waals surface area contributed by atoms with Gasteiger partial charge in [-0.05, 0) is 38.1 Å². The van der Waals surface area contributed by atoms with E-state index in [1.54, 1.807) is 0 Å². The van der Waals surface area contributed by atoms with Crippen LogP contribution in [0.5, 0.6) is 0 Å². The van der Waals surface area contributed by atoms with Crippen molar-refractivity contribution in [3.05, 3.63) is 0 Å². The first kappa shape index (κ1) is 13.3. The second-order valence-electron chi connectivity index (χ2n) is 6.05. The van der Waals surface area contributed by atoms with E-state index in [0.717, 1.165) is 25.9 Å². The standard InChI is InChI=1S/C14H28N2O/c15-10-12-6-5-7-13(12)16-11-14(17)8-3-1-2-4-9-14/h12-13,16-17H,1-11,15H2. The topological polar surface area (TPSA) is 58.3 Å². The molecule has 2 aliphatic carbocycles. The van der Waals surface area contributed by atoms with Crippen molar-refractivity contribution < 1.29 is 5.11 Å². The number of hydrogen-bond donors (Lipinski definition) is 3. The lowest BCUT2D eigenvalue weighted by Gasteiger charge is -2.30. The van der Waals surface area contributed by atoms with E-state index in [4.69, 9.17) is 5.73 Å². The molecule has 100 valence electrons. The van der Waals surface area contributed by atoms with E-state index in [0.29, 0.717) is 12.0 Å². The van der Waals surface area contributed by atoms with Crippen molar-refractivity contribution in [2.45, 2.75) is 69.4 Å². The fourth-order valence-corrected chi connectivity index (χ4v) is 3.47. The fourth-order valence-electron chi connectivity index (χ4n) is 3.47. The maximum Gasteiger partial charge on any atom is 0.0771 e. The summed E-state index contributed by atoms with van der Waals surface area (Å²) in [7, 11) is 0. The van der Waals surface area contributed by atoms with E-state index in [2.05, 4.69) is 5.32 Å². The van der Waals surface area contributed by atoms with Crippen molar-refractivity contribution in [3.63, 3.8) is 0 Å². The molecule has 0 aromatic rings. The predicted molar refractivity (Wildman–Crippen MR) is 70.8 cm³/mol. The van der Waals surface area contributed by atoms with Gasteiger partial charge in [0.15, 0.2) is 0 Å². The summed E-state index contributed by atoms with van der Waals surface area (Å²) < 4.78 is 0. The van der Waals surface area contributed by atoms with Crippen LogP contribution in [-0.4, -0.2) is 29.8 Å². The van der Waals surface area contributed by atoms with Gasteiger partial charge < -0.3 is 16.2 Å². The first-order valence-corrected chi connectivity index (χ1v) is 7.39. The van der Waals surface area contributed by atoms with E-state index < -0.39 is 5.60 Å². The molecule has 0 spiro atoms. The minimum Gasteiger partial charge on any atom is -0.389 e. The molecule has 0 bridgehead atoms. The highest BCUT2D eigenvalue weighted by molar-refractivity contribution is 4.89. The van der Waals surface area contributed by atoms with Gasteiger partial charge in [-0.3, -0.25) is 0 Å². The highest BCUT2D eigenvalue weighted by Gasteiger charge is 2.31. The quantitative estimate of drug-likeness (QED) is 0.657. The lowest BCUT2D eigenvalue weighted by molar-refractivity contribution is 0.0216. The Labute approximate surface area is 105 Å². The number of nitrogens with one attached hydrogen (secondary N) is 1. The number of aliphatic hydroxyl groups is 1. The molecule has 0 aromatic carbocycles. The van der Waals surface area contributed by atoms with Gasteiger partial charge in [-0.1, -0.05) is 32.1 Å². The van der Waals surface area contributed by atoms with Gasteiger partial charge in [-0.25, -0.2) is 0 Å². The lowest BCUT2D eigenvalue weighted by Crippen LogP contribution is -2.46. The van der Waals surface area contributed by atoms with Gasteiger partial charge >= 0.3 is 0 Å². The van der Waals surface area contributed by atoms with Crippen LogP contribution in [0.15, 0.2) is 0 Å². The van der Waals surface area contributed by atoms with Crippen LogP contribution >= 0.6 is 0 Å². The molecule has 0 aliphatic heterocycles. The number of rotatable bonds is 4. The van der Waals surface area contributed by atoms with Gasteiger partial charge in [0.05, 0.1) is 5.60 Å². The summed E-state index contributed by atoms with van der Waals surface area (Å²) in [5.41, 5.74) is 5.34. The summed E-state index contributed by atoms with van der Waals surface area (Å²) in [5.74, 6) is 0.629. The van der Waals surface area contributed by atoms with Crippen LogP contribution in [0.2, 0.25) is 0 Å². The molecular formula is C14H28N2O. The van der Waals surface area contributed by atoms with Crippen LogP contribution in [0.25, 0.3) is 0 Å². The van der Waals surface area contributed by atoms with Crippen molar-refractivity contribution in [1.82, 2.24) is 5.32 Å². The highest BCUT2D eigenvalue weighted by Crippen LogP contribution is 2.29. The van der Waals surface area contributed by atoms with E-state index in [1.807, 2.05) is 0 Å². The zero-order chi connectivity index (χ0) is 12.1. The minimum atomic E-state index is -0.446. The molecular weight excluding hydrogens is 212 g/mol. The third-order valence-electron chi connectivity index (χ3n) is 4.69. The number of nitrogens with two attached hydrogens (primary N) is 1. The molecule has 0 heterocycles. The Hall–Kier alpha value is -0.120. The first-order valence-electron chi connectivity index (χ1n) is 7.39. The van der Waals surface area contributed by atoms with Crippen LogP contribution in [0.4, 0.5) is 0 Å². The average molecular weight is 240 g/mol. The third kappa shape index (κ3) is 3.67. The molecule has 2 aliphatic rings. The summed E-state index contributed by atoms with van der Waals surface area (Å²) in [6, 6.07) is 0.548. The van der Waals surface area contributed by atoms with E-state index in [-0.39, 0.29) is 0 Å². The maximum absolute atomic E-state index is 10.6. The molecule has 2 unspecified atom stereocenters. The Morgan fingerprint density at radius 3 is 2.41 bits per heavy atom. The Balaban J connectivity index is 1.79. The van der Waals surface area contributed by atoms with Crippen LogP contribution < -0.4 is 11.1 Å². The lowest BCUT2D eigenvalue weighted by atomic mass is 9.93. The van der Waals surface area contributed by atoms with E-state index in [9.17, 15) is 5.11 Å². The largest absolute Gasteiger partial charge is 0.389 e. The smallest absolute Gasteiger partial charge is 0.0771 e. The van der Waals surface area contributed by atoms with Crippen molar-refractivity contribution in [3.8, 4) is 0 Å². The molecule has 0 saturated heterocycles. The zero-order valence-corrected chi connectivity index (χ0v) is 11.0. The van der Waals surface area contributed by atoms with Crippen molar-refractivity contribution in [2.75, 3.05) is 13.1 Å². The predicted octanol–water partition coefficient (Wildman–Crippen LogP) is 1.79. The molecule has 0 amide bonds.